The number of carbonyl (C=O) groups is 2. The number of thiophene rings is 1. The molecule has 2 aliphatic heterocycles. The van der Waals surface area contributed by atoms with Gasteiger partial charge in [-0.2, -0.15) is 0 Å². The number of fused-ring (bicyclic) bond motifs is 5. The van der Waals surface area contributed by atoms with Crippen LogP contribution in [0.4, 0.5) is 11.4 Å². The van der Waals surface area contributed by atoms with E-state index in [0.29, 0.717) is 48.4 Å². The number of rotatable bonds is 6. The van der Waals surface area contributed by atoms with E-state index in [0.717, 1.165) is 22.7 Å². The number of hydrogen-bond donors (Lipinski definition) is 2. The zero-order valence-electron chi connectivity index (χ0n) is 23.1. The molecule has 9 nitrogen and oxygen atoms in total. The Kier molecular flexibility index (Phi) is 6.90. The highest BCUT2D eigenvalue weighted by molar-refractivity contribution is 7.09. The van der Waals surface area contributed by atoms with E-state index in [4.69, 9.17) is 4.42 Å². The summed E-state index contributed by atoms with van der Waals surface area (Å²) in [6.07, 6.45) is 0.975. The molecule has 3 aromatic heterocycles. The number of nitrogens with zero attached hydrogens (tertiary/aromatic N) is 2. The fourth-order valence-electron chi connectivity index (χ4n) is 6.24. The van der Waals surface area contributed by atoms with E-state index in [1.54, 1.807) is 59.9 Å². The Hall–Kier alpha value is -4.96. The molecule has 1 fully saturated rings. The highest BCUT2D eigenvalue weighted by Crippen LogP contribution is 2.39. The zero-order chi connectivity index (χ0) is 29.5. The van der Waals surface area contributed by atoms with Crippen molar-refractivity contribution in [3.05, 3.63) is 127 Å². The van der Waals surface area contributed by atoms with Crippen LogP contribution in [0.1, 0.15) is 43.6 Å². The third kappa shape index (κ3) is 5.25. The van der Waals surface area contributed by atoms with Gasteiger partial charge in [0.2, 0.25) is 0 Å². The van der Waals surface area contributed by atoms with E-state index in [9.17, 15) is 19.2 Å². The fraction of sp³-hybridized carbons (Fsp3) is 0.212. The average Bonchev–Trinajstić information content (AvgIpc) is 3.54. The van der Waals surface area contributed by atoms with Gasteiger partial charge in [0.25, 0.3) is 17.4 Å². The van der Waals surface area contributed by atoms with Gasteiger partial charge < -0.3 is 24.5 Å². The van der Waals surface area contributed by atoms with Crippen molar-refractivity contribution in [2.75, 3.05) is 23.3 Å². The summed E-state index contributed by atoms with van der Waals surface area (Å²) in [7, 11) is 0. The van der Waals surface area contributed by atoms with Crippen LogP contribution < -0.4 is 26.7 Å². The highest BCUT2D eigenvalue weighted by Gasteiger charge is 2.35. The SMILES string of the molecule is O=C(NCc1cccs1)c1ccc(N2CC3CC(C2)c2cccc(=O)n2C3)c(NC(=O)c2cc3ccccc3oc2=O)c1. The summed E-state index contributed by atoms with van der Waals surface area (Å²) in [6.45, 7) is 2.35. The smallest absolute Gasteiger partial charge is 0.349 e. The van der Waals surface area contributed by atoms with Crippen LogP contribution in [-0.2, 0) is 13.1 Å². The van der Waals surface area contributed by atoms with Crippen molar-refractivity contribution in [2.45, 2.75) is 25.4 Å². The van der Waals surface area contributed by atoms with Crippen LogP contribution in [0.25, 0.3) is 11.0 Å². The van der Waals surface area contributed by atoms with Crippen LogP contribution in [0, 0.1) is 5.92 Å². The molecule has 10 heteroatoms. The van der Waals surface area contributed by atoms with Crippen molar-refractivity contribution in [3.63, 3.8) is 0 Å². The Morgan fingerprint density at radius 2 is 1.79 bits per heavy atom. The summed E-state index contributed by atoms with van der Waals surface area (Å²) < 4.78 is 7.28. The van der Waals surface area contributed by atoms with Crippen molar-refractivity contribution >= 4 is 45.5 Å². The first-order chi connectivity index (χ1) is 20.9. The van der Waals surface area contributed by atoms with Crippen molar-refractivity contribution in [1.29, 1.82) is 0 Å². The Morgan fingerprint density at radius 3 is 2.65 bits per heavy atom. The summed E-state index contributed by atoms with van der Waals surface area (Å²) in [5, 5.41) is 8.44. The Bertz CT molecular complexity index is 1980. The van der Waals surface area contributed by atoms with Crippen molar-refractivity contribution < 1.29 is 14.0 Å². The largest absolute Gasteiger partial charge is 0.422 e. The van der Waals surface area contributed by atoms with Gasteiger partial charge in [-0.25, -0.2) is 4.79 Å². The van der Waals surface area contributed by atoms with E-state index in [1.807, 2.05) is 34.2 Å². The van der Waals surface area contributed by atoms with Gasteiger partial charge in [-0.15, -0.1) is 11.3 Å². The van der Waals surface area contributed by atoms with E-state index >= 15 is 0 Å². The summed E-state index contributed by atoms with van der Waals surface area (Å²) in [5.41, 5.74) is 2.11. The Balaban J connectivity index is 1.22. The lowest BCUT2D eigenvalue weighted by molar-refractivity contribution is 0.0949. The first-order valence-electron chi connectivity index (χ1n) is 14.2. The van der Waals surface area contributed by atoms with Gasteiger partial charge in [-0.1, -0.05) is 30.3 Å². The van der Waals surface area contributed by atoms with E-state index in [-0.39, 0.29) is 28.9 Å². The van der Waals surface area contributed by atoms with Gasteiger partial charge in [-0.05, 0) is 60.2 Å². The van der Waals surface area contributed by atoms with Crippen molar-refractivity contribution in [1.82, 2.24) is 9.88 Å². The minimum atomic E-state index is -0.739. The summed E-state index contributed by atoms with van der Waals surface area (Å²) in [5.74, 6) is -0.502. The van der Waals surface area contributed by atoms with Crippen LogP contribution in [-0.4, -0.2) is 29.5 Å². The predicted octanol–water partition coefficient (Wildman–Crippen LogP) is 4.82. The number of para-hydroxylation sites is 1. The summed E-state index contributed by atoms with van der Waals surface area (Å²) in [6, 6.07) is 23.1. The van der Waals surface area contributed by atoms with Crippen LogP contribution in [0.2, 0.25) is 0 Å². The third-order valence-corrected chi connectivity index (χ3v) is 9.09. The summed E-state index contributed by atoms with van der Waals surface area (Å²) >= 11 is 1.56. The number of anilines is 2. The maximum atomic E-state index is 13.5. The minimum Gasteiger partial charge on any atom is -0.422 e. The molecule has 0 spiro atoms. The lowest BCUT2D eigenvalue weighted by Gasteiger charge is -2.44. The highest BCUT2D eigenvalue weighted by atomic mass is 32.1. The summed E-state index contributed by atoms with van der Waals surface area (Å²) in [4.78, 5) is 55.2. The predicted molar refractivity (Wildman–Crippen MR) is 166 cm³/mol. The first kappa shape index (κ1) is 26.9. The number of amides is 2. The molecule has 2 unspecified atom stereocenters. The number of hydrogen-bond acceptors (Lipinski definition) is 7. The second kappa shape index (κ2) is 11.0. The standard InChI is InChI=1S/C33H28N4O5S/c38-30-9-3-7-27-23-13-20(18-37(27)30)17-36(19-23)28-11-10-22(31(39)34-16-24-6-4-12-43-24)15-26(28)35-32(40)25-14-21-5-1-2-8-29(21)42-33(25)41/h1-12,14-15,20,23H,13,16-19H2,(H,34,39)(H,35,40). The molecule has 2 N–H and O–H groups in total. The maximum absolute atomic E-state index is 13.5. The van der Waals surface area contributed by atoms with Crippen LogP contribution in [0.3, 0.4) is 0 Å². The topological polar surface area (TPSA) is 114 Å². The number of pyridine rings is 1. The van der Waals surface area contributed by atoms with Gasteiger partial charge in [0.15, 0.2) is 0 Å². The monoisotopic (exact) mass is 592 g/mol. The van der Waals surface area contributed by atoms with Crippen molar-refractivity contribution in [3.8, 4) is 0 Å². The Labute approximate surface area is 250 Å². The van der Waals surface area contributed by atoms with Crippen LogP contribution >= 0.6 is 11.3 Å². The molecule has 2 bridgehead atoms. The number of nitrogens with one attached hydrogen (secondary N) is 2. The maximum Gasteiger partial charge on any atom is 0.349 e. The zero-order valence-corrected chi connectivity index (χ0v) is 23.9. The molecule has 2 aromatic carbocycles. The molecular weight excluding hydrogens is 564 g/mol. The second-order valence-electron chi connectivity index (χ2n) is 11.0. The average molecular weight is 593 g/mol. The number of carbonyl (C=O) groups excluding carboxylic acids is 2. The van der Waals surface area contributed by atoms with Gasteiger partial charge in [0.1, 0.15) is 11.1 Å². The number of piperidine rings is 1. The third-order valence-electron chi connectivity index (χ3n) is 8.22. The van der Waals surface area contributed by atoms with Gasteiger partial charge in [-0.3, -0.25) is 14.4 Å². The molecular formula is C33H28N4O5S. The van der Waals surface area contributed by atoms with Gasteiger partial charge in [0.05, 0.1) is 17.9 Å². The molecule has 0 saturated carbocycles. The molecule has 2 aliphatic rings. The fourth-order valence-corrected chi connectivity index (χ4v) is 6.88. The lowest BCUT2D eigenvalue weighted by Crippen LogP contribution is -2.47. The van der Waals surface area contributed by atoms with Crippen LogP contribution in [0.15, 0.2) is 98.2 Å². The molecule has 43 heavy (non-hydrogen) atoms. The lowest BCUT2D eigenvalue weighted by atomic mass is 9.83. The Morgan fingerprint density at radius 1 is 0.907 bits per heavy atom. The molecule has 5 aromatic rings. The van der Waals surface area contributed by atoms with E-state index < -0.39 is 11.5 Å². The molecule has 0 aliphatic carbocycles. The molecule has 2 amide bonds. The number of aromatic nitrogens is 1. The van der Waals surface area contributed by atoms with E-state index in [1.165, 1.54) is 6.07 Å². The van der Waals surface area contributed by atoms with Crippen molar-refractivity contribution in [2.24, 2.45) is 5.92 Å². The molecule has 5 heterocycles. The minimum absolute atomic E-state index is 0.0146. The normalized spacial score (nSPS) is 17.3. The van der Waals surface area contributed by atoms with Gasteiger partial charge >= 0.3 is 5.63 Å². The van der Waals surface area contributed by atoms with Crippen LogP contribution in [0.5, 0.6) is 0 Å². The molecule has 216 valence electrons. The molecule has 7 rings (SSSR count). The van der Waals surface area contributed by atoms with Gasteiger partial charge in [0, 0.05) is 53.1 Å². The molecule has 1 saturated heterocycles. The van der Waals surface area contributed by atoms with E-state index in [2.05, 4.69) is 15.5 Å². The molecule has 0 radical (unpaired) electrons. The molecule has 2 atom stereocenters. The first-order valence-corrected chi connectivity index (χ1v) is 15.0. The number of benzene rings is 2. The quantitative estimate of drug-likeness (QED) is 0.273. The second-order valence-corrected chi connectivity index (χ2v) is 12.1.